The number of nitrogens with one attached hydrogen (secondary N) is 1. The molecule has 0 aliphatic heterocycles. The lowest BCUT2D eigenvalue weighted by Gasteiger charge is -2.25. The molecule has 2 aromatic heterocycles. The summed E-state index contributed by atoms with van der Waals surface area (Å²) in [6.45, 7) is 2.86. The number of likely N-dealkylation sites (N-methyl/N-ethyl adjacent to an activating group) is 2. The first-order valence-electron chi connectivity index (χ1n) is 11.7. The zero-order valence-electron chi connectivity index (χ0n) is 21.4. The summed E-state index contributed by atoms with van der Waals surface area (Å²) in [4.78, 5) is 24.4. The summed E-state index contributed by atoms with van der Waals surface area (Å²) in [7, 11) is 5.32. The second-order valence-corrected chi connectivity index (χ2v) is 9.09. The lowest BCUT2D eigenvalue weighted by Crippen LogP contribution is -2.30. The minimum absolute atomic E-state index is 0.0424. The van der Waals surface area contributed by atoms with Gasteiger partial charge in [-0.05, 0) is 56.9 Å². The maximum absolute atomic E-state index is 13.9. The van der Waals surface area contributed by atoms with Crippen LogP contribution in [-0.4, -0.2) is 70.0 Å². The number of carbonyl (C=O) groups excluding carboxylic acids is 1. The zero-order chi connectivity index (χ0) is 27.4. The summed E-state index contributed by atoms with van der Waals surface area (Å²) in [6, 6.07) is 8.75. The highest BCUT2D eigenvalue weighted by molar-refractivity contribution is 6.04. The number of hydrogen-bond donors (Lipinski definition) is 1. The number of rotatable bonds is 8. The van der Waals surface area contributed by atoms with E-state index in [-0.39, 0.29) is 16.9 Å². The van der Waals surface area contributed by atoms with E-state index in [2.05, 4.69) is 25.6 Å². The van der Waals surface area contributed by atoms with E-state index in [1.807, 2.05) is 25.9 Å². The van der Waals surface area contributed by atoms with E-state index in [1.54, 1.807) is 48.7 Å². The van der Waals surface area contributed by atoms with Gasteiger partial charge in [-0.15, -0.1) is 5.10 Å². The Morgan fingerprint density at radius 2 is 1.76 bits per heavy atom. The first-order valence-corrected chi connectivity index (χ1v) is 11.7. The fourth-order valence-corrected chi connectivity index (χ4v) is 3.79. The lowest BCUT2D eigenvalue weighted by molar-refractivity contribution is -0.137. The fraction of sp³-hybridized carbons (Fsp3) is 0.269. The minimum Gasteiger partial charge on any atom is -0.373 e. The van der Waals surface area contributed by atoms with Crippen LogP contribution < -0.4 is 10.2 Å². The second kappa shape index (κ2) is 11.0. The van der Waals surface area contributed by atoms with Crippen molar-refractivity contribution in [3.8, 4) is 16.9 Å². The van der Waals surface area contributed by atoms with Crippen LogP contribution >= 0.6 is 0 Å². The molecule has 0 saturated heterocycles. The average molecular weight is 525 g/mol. The van der Waals surface area contributed by atoms with E-state index in [1.165, 1.54) is 23.1 Å². The normalized spacial score (nSPS) is 11.6. The number of anilines is 2. The molecule has 12 heteroatoms. The van der Waals surface area contributed by atoms with Crippen LogP contribution in [0.1, 0.15) is 21.5 Å². The van der Waals surface area contributed by atoms with Crippen LogP contribution in [0.25, 0.3) is 16.9 Å². The van der Waals surface area contributed by atoms with Gasteiger partial charge >= 0.3 is 6.18 Å². The molecular formula is C26H27F3N8O. The van der Waals surface area contributed by atoms with Crippen LogP contribution in [0, 0.1) is 6.92 Å². The lowest BCUT2D eigenvalue weighted by atomic mass is 10.1. The molecule has 0 unspecified atom stereocenters. The number of carbonyl (C=O) groups is 1. The maximum atomic E-state index is 13.9. The topological polar surface area (TPSA) is 92.1 Å². The van der Waals surface area contributed by atoms with Crippen LogP contribution in [0.3, 0.4) is 0 Å². The summed E-state index contributed by atoms with van der Waals surface area (Å²) in [5.41, 5.74) is 2.18. The van der Waals surface area contributed by atoms with Gasteiger partial charge in [0, 0.05) is 55.0 Å². The fourth-order valence-electron chi connectivity index (χ4n) is 3.79. The molecule has 0 saturated carbocycles. The molecule has 0 aliphatic rings. The first kappa shape index (κ1) is 26.7. The van der Waals surface area contributed by atoms with Crippen molar-refractivity contribution in [2.75, 3.05) is 44.4 Å². The molecule has 2 heterocycles. The third-order valence-corrected chi connectivity index (χ3v) is 5.92. The predicted molar refractivity (Wildman–Crippen MR) is 138 cm³/mol. The largest absolute Gasteiger partial charge is 0.418 e. The number of hydrogen-bond acceptors (Lipinski definition) is 7. The highest BCUT2D eigenvalue weighted by Gasteiger charge is 2.35. The molecule has 4 rings (SSSR count). The Kier molecular flexibility index (Phi) is 7.72. The number of nitrogens with zero attached hydrogens (tertiary/aromatic N) is 7. The molecule has 0 spiro atoms. The minimum atomic E-state index is -4.59. The number of amides is 1. The van der Waals surface area contributed by atoms with Gasteiger partial charge in [0.05, 0.1) is 17.4 Å². The third kappa shape index (κ3) is 6.14. The van der Waals surface area contributed by atoms with Crippen molar-refractivity contribution >= 4 is 17.3 Å². The summed E-state index contributed by atoms with van der Waals surface area (Å²) >= 11 is 0. The second-order valence-electron chi connectivity index (χ2n) is 9.09. The van der Waals surface area contributed by atoms with Crippen LogP contribution in [0.2, 0.25) is 0 Å². The van der Waals surface area contributed by atoms with Crippen molar-refractivity contribution in [3.05, 3.63) is 78.0 Å². The average Bonchev–Trinajstić information content (AvgIpc) is 3.37. The molecule has 0 aliphatic carbocycles. The van der Waals surface area contributed by atoms with Crippen LogP contribution in [0.4, 0.5) is 24.5 Å². The quantitative estimate of drug-likeness (QED) is 0.367. The summed E-state index contributed by atoms with van der Waals surface area (Å²) < 4.78 is 43.2. The number of halogens is 3. The summed E-state index contributed by atoms with van der Waals surface area (Å²) in [5.74, 6) is -0.551. The van der Waals surface area contributed by atoms with Crippen molar-refractivity contribution in [2.24, 2.45) is 0 Å². The number of benzene rings is 2. The summed E-state index contributed by atoms with van der Waals surface area (Å²) in [6.07, 6.45) is 1.73. The van der Waals surface area contributed by atoms with E-state index < -0.39 is 17.6 Å². The van der Waals surface area contributed by atoms with E-state index in [9.17, 15) is 18.0 Å². The van der Waals surface area contributed by atoms with E-state index in [4.69, 9.17) is 0 Å². The van der Waals surface area contributed by atoms with Gasteiger partial charge < -0.3 is 15.1 Å². The SMILES string of the molecule is Cc1ccc(C(=O)Nc2ccc(N(C)CCN(C)C)c(C(F)(F)F)c2)cc1-n1cc(-c2cncnc2)nn1. The molecule has 38 heavy (non-hydrogen) atoms. The molecule has 1 N–H and O–H groups in total. The van der Waals surface area contributed by atoms with Gasteiger partial charge in [0.25, 0.3) is 5.91 Å². The Hall–Kier alpha value is -4.32. The zero-order valence-corrected chi connectivity index (χ0v) is 21.4. The monoisotopic (exact) mass is 524 g/mol. The Morgan fingerprint density at radius 3 is 2.45 bits per heavy atom. The van der Waals surface area contributed by atoms with Gasteiger partial charge in [0.1, 0.15) is 12.0 Å². The van der Waals surface area contributed by atoms with Gasteiger partial charge in [-0.25, -0.2) is 14.6 Å². The van der Waals surface area contributed by atoms with Gasteiger partial charge in [0.2, 0.25) is 0 Å². The highest BCUT2D eigenvalue weighted by Crippen LogP contribution is 2.38. The van der Waals surface area contributed by atoms with Crippen LogP contribution in [0.15, 0.2) is 61.3 Å². The van der Waals surface area contributed by atoms with E-state index in [0.717, 1.165) is 11.6 Å². The maximum Gasteiger partial charge on any atom is 0.418 e. The molecule has 0 fully saturated rings. The van der Waals surface area contributed by atoms with Crippen molar-refractivity contribution in [1.82, 2.24) is 29.9 Å². The molecule has 9 nitrogen and oxygen atoms in total. The molecular weight excluding hydrogens is 497 g/mol. The van der Waals surface area contributed by atoms with Crippen molar-refractivity contribution in [2.45, 2.75) is 13.1 Å². The van der Waals surface area contributed by atoms with Gasteiger partial charge in [-0.1, -0.05) is 11.3 Å². The molecule has 2 aromatic carbocycles. The predicted octanol–water partition coefficient (Wildman–Crippen LogP) is 4.30. The van der Waals surface area contributed by atoms with Gasteiger partial charge in [-0.3, -0.25) is 4.79 Å². The molecule has 4 aromatic rings. The van der Waals surface area contributed by atoms with E-state index >= 15 is 0 Å². The molecule has 0 atom stereocenters. The van der Waals surface area contributed by atoms with E-state index in [0.29, 0.717) is 30.0 Å². The smallest absolute Gasteiger partial charge is 0.373 e. The molecule has 0 radical (unpaired) electrons. The Balaban J connectivity index is 1.58. The molecule has 0 bridgehead atoms. The highest BCUT2D eigenvalue weighted by atomic mass is 19.4. The van der Waals surface area contributed by atoms with Crippen LogP contribution in [0.5, 0.6) is 0 Å². The van der Waals surface area contributed by atoms with Crippen molar-refractivity contribution < 1.29 is 18.0 Å². The first-order chi connectivity index (χ1) is 18.0. The number of alkyl halides is 3. The van der Waals surface area contributed by atoms with Crippen molar-refractivity contribution in [3.63, 3.8) is 0 Å². The molecule has 1 amide bonds. The Labute approximate surface area is 217 Å². The number of aryl methyl sites for hydroxylation is 1. The van der Waals surface area contributed by atoms with Crippen molar-refractivity contribution in [1.29, 1.82) is 0 Å². The Bertz CT molecular complexity index is 1420. The standard InChI is InChI=1S/C26H27F3N8O/c1-17-5-6-18(11-24(17)37-15-22(33-34-37)19-13-30-16-31-14-19)25(38)32-20-7-8-23(21(12-20)26(27,28)29)36(4)10-9-35(2)3/h5-8,11-16H,9-10H2,1-4H3,(H,32,38). The number of aromatic nitrogens is 5. The Morgan fingerprint density at radius 1 is 1.03 bits per heavy atom. The van der Waals surface area contributed by atoms with Gasteiger partial charge in [-0.2, -0.15) is 13.2 Å². The molecule has 198 valence electrons. The van der Waals surface area contributed by atoms with Crippen LogP contribution in [-0.2, 0) is 6.18 Å². The third-order valence-electron chi connectivity index (χ3n) is 5.92. The summed E-state index contributed by atoms with van der Waals surface area (Å²) in [5, 5.41) is 10.9. The van der Waals surface area contributed by atoms with Gasteiger partial charge in [0.15, 0.2) is 0 Å².